The Balaban J connectivity index is 1.57. The number of carbonyl (C=O) groups is 1. The van der Waals surface area contributed by atoms with Crippen molar-refractivity contribution in [2.75, 3.05) is 25.6 Å². The van der Waals surface area contributed by atoms with Crippen molar-refractivity contribution in [3.05, 3.63) is 81.2 Å². The molecular formula is C26H28N4O2S. The quantitative estimate of drug-likeness (QED) is 0.274. The molecule has 6 nitrogen and oxygen atoms in total. The predicted molar refractivity (Wildman–Crippen MR) is 137 cm³/mol. The summed E-state index contributed by atoms with van der Waals surface area (Å²) in [5, 5.41) is 17.0. The molecule has 0 spiro atoms. The minimum atomic E-state index is -0.0902. The van der Waals surface area contributed by atoms with Gasteiger partial charge >= 0.3 is 0 Å². The summed E-state index contributed by atoms with van der Waals surface area (Å²) in [5.74, 6) is -0.0902. The lowest BCUT2D eigenvalue weighted by atomic mass is 10.1. The van der Waals surface area contributed by atoms with E-state index in [1.54, 1.807) is 7.11 Å². The molecule has 0 saturated carbocycles. The largest absolute Gasteiger partial charge is 0.385 e. The Morgan fingerprint density at radius 2 is 2.06 bits per heavy atom. The van der Waals surface area contributed by atoms with Gasteiger partial charge in [0.15, 0.2) is 0 Å². The number of methoxy groups -OCH3 is 1. The summed E-state index contributed by atoms with van der Waals surface area (Å²) in [5.41, 5.74) is 5.64. The third-order valence-corrected chi connectivity index (χ3v) is 6.40. The van der Waals surface area contributed by atoms with Gasteiger partial charge in [-0.05, 0) is 66.2 Å². The molecule has 0 radical (unpaired) electrons. The van der Waals surface area contributed by atoms with Crippen LogP contribution in [0.25, 0.3) is 23.1 Å². The van der Waals surface area contributed by atoms with Crippen molar-refractivity contribution < 1.29 is 9.53 Å². The van der Waals surface area contributed by atoms with Gasteiger partial charge in [-0.15, -0.1) is 11.3 Å². The Kier molecular flexibility index (Phi) is 7.67. The molecule has 2 heterocycles. The number of fused-ring (bicyclic) bond motifs is 1. The van der Waals surface area contributed by atoms with Gasteiger partial charge in [-0.3, -0.25) is 9.89 Å². The van der Waals surface area contributed by atoms with Gasteiger partial charge in [0.25, 0.3) is 5.91 Å². The first-order chi connectivity index (χ1) is 16.2. The maximum Gasteiger partial charge on any atom is 0.266 e. The SMILES string of the molecule is COCCCNCc1ccc(/C=C/c2n[nH]c3ccccc23)c(NC(=O)c2sccc2C)c1. The molecule has 0 bridgehead atoms. The maximum atomic E-state index is 12.9. The van der Waals surface area contributed by atoms with Crippen LogP contribution in [-0.4, -0.2) is 36.4 Å². The first-order valence-corrected chi connectivity index (χ1v) is 11.8. The van der Waals surface area contributed by atoms with Crippen LogP contribution in [0.2, 0.25) is 0 Å². The van der Waals surface area contributed by atoms with E-state index in [9.17, 15) is 4.79 Å². The minimum Gasteiger partial charge on any atom is -0.385 e. The number of aromatic nitrogens is 2. The second-order valence-electron chi connectivity index (χ2n) is 7.82. The Bertz CT molecular complexity index is 1260. The van der Waals surface area contributed by atoms with Crippen molar-refractivity contribution in [2.24, 2.45) is 0 Å². The highest BCUT2D eigenvalue weighted by Crippen LogP contribution is 2.25. The Hall–Kier alpha value is -3.26. The second-order valence-corrected chi connectivity index (χ2v) is 8.74. The van der Waals surface area contributed by atoms with Gasteiger partial charge in [-0.25, -0.2) is 0 Å². The van der Waals surface area contributed by atoms with Crippen molar-refractivity contribution in [2.45, 2.75) is 19.9 Å². The van der Waals surface area contributed by atoms with Gasteiger partial charge in [0.05, 0.1) is 16.1 Å². The van der Waals surface area contributed by atoms with Gasteiger partial charge in [-0.2, -0.15) is 5.10 Å². The predicted octanol–water partition coefficient (Wildman–Crippen LogP) is 5.48. The molecule has 0 aliphatic heterocycles. The van der Waals surface area contributed by atoms with Crippen molar-refractivity contribution in [3.63, 3.8) is 0 Å². The third-order valence-electron chi connectivity index (χ3n) is 5.39. The smallest absolute Gasteiger partial charge is 0.266 e. The van der Waals surface area contributed by atoms with E-state index >= 15 is 0 Å². The van der Waals surface area contributed by atoms with E-state index in [-0.39, 0.29) is 5.91 Å². The van der Waals surface area contributed by atoms with Crippen molar-refractivity contribution in [3.8, 4) is 0 Å². The van der Waals surface area contributed by atoms with Gasteiger partial charge in [0.2, 0.25) is 0 Å². The van der Waals surface area contributed by atoms with Crippen molar-refractivity contribution in [1.29, 1.82) is 0 Å². The molecule has 0 atom stereocenters. The average Bonchev–Trinajstić information content (AvgIpc) is 3.44. The zero-order valence-electron chi connectivity index (χ0n) is 18.9. The molecule has 2 aromatic heterocycles. The molecule has 170 valence electrons. The molecule has 2 aromatic carbocycles. The van der Waals surface area contributed by atoms with Crippen LogP contribution in [0, 0.1) is 6.92 Å². The summed E-state index contributed by atoms with van der Waals surface area (Å²) in [6, 6.07) is 16.1. The summed E-state index contributed by atoms with van der Waals surface area (Å²) in [6.07, 6.45) is 4.92. The van der Waals surface area contributed by atoms with E-state index in [1.807, 2.05) is 66.9 Å². The van der Waals surface area contributed by atoms with Gasteiger partial charge < -0.3 is 15.4 Å². The van der Waals surface area contributed by atoms with Crippen molar-refractivity contribution >= 4 is 46.0 Å². The van der Waals surface area contributed by atoms with E-state index in [0.29, 0.717) is 0 Å². The number of rotatable bonds is 10. The number of carbonyl (C=O) groups excluding carboxylic acids is 1. The number of H-pyrrole nitrogens is 1. The molecule has 0 saturated heterocycles. The first-order valence-electron chi connectivity index (χ1n) is 10.9. The Labute approximate surface area is 197 Å². The minimum absolute atomic E-state index is 0.0902. The van der Waals surface area contributed by atoms with E-state index in [0.717, 1.165) is 70.0 Å². The zero-order valence-corrected chi connectivity index (χ0v) is 19.7. The lowest BCUT2D eigenvalue weighted by Gasteiger charge is -2.12. The standard InChI is InChI=1S/C26H28N4O2S/c1-18-12-15-33-25(18)26(31)28-24-16-19(17-27-13-5-14-32-2)8-9-20(24)10-11-23-21-6-3-4-7-22(21)29-30-23/h3-4,6-12,15-16,27H,5,13-14,17H2,1-2H3,(H,28,31)(H,29,30)/b11-10+. The number of aryl methyl sites for hydroxylation is 1. The molecule has 0 fully saturated rings. The number of para-hydroxylation sites is 1. The molecule has 0 unspecified atom stereocenters. The molecule has 7 heteroatoms. The summed E-state index contributed by atoms with van der Waals surface area (Å²) in [4.78, 5) is 13.7. The van der Waals surface area contributed by atoms with Crippen LogP contribution in [-0.2, 0) is 11.3 Å². The fraction of sp³-hybridized carbons (Fsp3) is 0.231. The fourth-order valence-electron chi connectivity index (χ4n) is 3.61. The number of anilines is 1. The Morgan fingerprint density at radius 3 is 2.88 bits per heavy atom. The second kappa shape index (κ2) is 11.0. The number of amides is 1. The highest BCUT2D eigenvalue weighted by atomic mass is 32.1. The molecule has 1 amide bonds. The number of nitrogens with one attached hydrogen (secondary N) is 3. The van der Waals surface area contributed by atoms with Crippen LogP contribution >= 0.6 is 11.3 Å². The van der Waals surface area contributed by atoms with Crippen LogP contribution < -0.4 is 10.6 Å². The summed E-state index contributed by atoms with van der Waals surface area (Å²) in [6.45, 7) is 4.28. The molecule has 0 aliphatic rings. The van der Waals surface area contributed by atoms with E-state index < -0.39 is 0 Å². The number of hydrogen-bond donors (Lipinski definition) is 3. The molecule has 4 aromatic rings. The van der Waals surface area contributed by atoms with E-state index in [4.69, 9.17) is 4.74 Å². The molecule has 0 aliphatic carbocycles. The third kappa shape index (κ3) is 5.76. The lowest BCUT2D eigenvalue weighted by molar-refractivity contribution is 0.103. The monoisotopic (exact) mass is 460 g/mol. The molecular weight excluding hydrogens is 432 g/mol. The number of aromatic amines is 1. The maximum absolute atomic E-state index is 12.9. The topological polar surface area (TPSA) is 79.0 Å². The molecule has 33 heavy (non-hydrogen) atoms. The fourth-order valence-corrected chi connectivity index (χ4v) is 4.43. The number of hydrogen-bond acceptors (Lipinski definition) is 5. The summed E-state index contributed by atoms with van der Waals surface area (Å²) in [7, 11) is 1.71. The number of ether oxygens (including phenoxy) is 1. The van der Waals surface area contributed by atoms with Crippen LogP contribution in [0.4, 0.5) is 5.69 Å². The first kappa shape index (κ1) is 22.9. The normalized spacial score (nSPS) is 11.5. The van der Waals surface area contributed by atoms with Crippen LogP contribution in [0.1, 0.15) is 38.5 Å². The average molecular weight is 461 g/mol. The Morgan fingerprint density at radius 1 is 1.18 bits per heavy atom. The van der Waals surface area contributed by atoms with Gasteiger partial charge in [0, 0.05) is 31.3 Å². The van der Waals surface area contributed by atoms with E-state index in [1.165, 1.54) is 11.3 Å². The zero-order chi connectivity index (χ0) is 23.0. The summed E-state index contributed by atoms with van der Waals surface area (Å²) < 4.78 is 5.10. The summed E-state index contributed by atoms with van der Waals surface area (Å²) >= 11 is 1.45. The van der Waals surface area contributed by atoms with Crippen LogP contribution in [0.3, 0.4) is 0 Å². The molecule has 4 rings (SSSR count). The molecule has 3 N–H and O–H groups in total. The number of nitrogens with zero attached hydrogens (tertiary/aromatic N) is 1. The highest BCUT2D eigenvalue weighted by molar-refractivity contribution is 7.12. The van der Waals surface area contributed by atoms with Crippen LogP contribution in [0.15, 0.2) is 53.9 Å². The highest BCUT2D eigenvalue weighted by Gasteiger charge is 2.13. The van der Waals surface area contributed by atoms with Crippen molar-refractivity contribution in [1.82, 2.24) is 15.5 Å². The van der Waals surface area contributed by atoms with E-state index in [2.05, 4.69) is 26.9 Å². The number of thiophene rings is 1. The number of benzene rings is 2. The lowest BCUT2D eigenvalue weighted by Crippen LogP contribution is -2.17. The van der Waals surface area contributed by atoms with Gasteiger partial charge in [-0.1, -0.05) is 36.4 Å². The van der Waals surface area contributed by atoms with Crippen LogP contribution in [0.5, 0.6) is 0 Å². The van der Waals surface area contributed by atoms with Gasteiger partial charge in [0.1, 0.15) is 0 Å².